The van der Waals surface area contributed by atoms with Gasteiger partial charge in [-0.1, -0.05) is 41.4 Å². The van der Waals surface area contributed by atoms with E-state index in [1.807, 2.05) is 0 Å². The van der Waals surface area contributed by atoms with Gasteiger partial charge in [-0.25, -0.2) is 4.79 Å². The number of hydrogen-bond acceptors (Lipinski definition) is 4. The Bertz CT molecular complexity index is 939. The number of hydrogen-bond donors (Lipinski definition) is 2. The Hall–Kier alpha value is -2.54. The maximum Gasteiger partial charge on any atom is 0.333 e. The molecule has 2 N–H and O–H groups in total. The van der Waals surface area contributed by atoms with Crippen LogP contribution in [0.5, 0.6) is 5.75 Å². The zero-order chi connectivity index (χ0) is 23.0. The summed E-state index contributed by atoms with van der Waals surface area (Å²) in [6.45, 7) is 3.77. The van der Waals surface area contributed by atoms with E-state index in [0.717, 1.165) is 5.56 Å². The van der Waals surface area contributed by atoms with Gasteiger partial charge in [0.25, 0.3) is 0 Å². The number of halogens is 2. The van der Waals surface area contributed by atoms with Crippen molar-refractivity contribution >= 4 is 41.2 Å². The van der Waals surface area contributed by atoms with Crippen LogP contribution in [0.4, 0.5) is 0 Å². The van der Waals surface area contributed by atoms with Crippen LogP contribution in [0.25, 0.3) is 6.08 Å². The minimum Gasteiger partial charge on any atom is -0.496 e. The molecular weight excluding hydrogens is 441 g/mol. The molecule has 31 heavy (non-hydrogen) atoms. The van der Waals surface area contributed by atoms with Gasteiger partial charge in [-0.2, -0.15) is 0 Å². The van der Waals surface area contributed by atoms with E-state index >= 15 is 0 Å². The molecule has 1 atom stereocenters. The monoisotopic (exact) mass is 465 g/mol. The molecule has 2 rings (SSSR count). The number of benzene rings is 2. The van der Waals surface area contributed by atoms with Crippen molar-refractivity contribution in [1.82, 2.24) is 5.32 Å². The lowest BCUT2D eigenvalue weighted by Crippen LogP contribution is -2.29. The first kappa shape index (κ1) is 24.7. The zero-order valence-electron chi connectivity index (χ0n) is 17.5. The van der Waals surface area contributed by atoms with Crippen LogP contribution in [0.1, 0.15) is 30.5 Å². The van der Waals surface area contributed by atoms with Gasteiger partial charge in [-0.15, -0.1) is 0 Å². The highest BCUT2D eigenvalue weighted by atomic mass is 35.5. The molecule has 0 spiro atoms. The highest BCUT2D eigenvalue weighted by Crippen LogP contribution is 2.25. The molecule has 0 aliphatic rings. The van der Waals surface area contributed by atoms with Crippen LogP contribution in [0, 0.1) is 0 Å². The maximum absolute atomic E-state index is 12.3. The largest absolute Gasteiger partial charge is 0.496 e. The Kier molecular flexibility index (Phi) is 9.37. The molecule has 166 valence electrons. The summed E-state index contributed by atoms with van der Waals surface area (Å²) in [4.78, 5) is 23.7. The number of carbonyl (C=O) groups excluding carboxylic acids is 1. The van der Waals surface area contributed by atoms with Gasteiger partial charge in [0.15, 0.2) is 6.10 Å². The summed E-state index contributed by atoms with van der Waals surface area (Å²) in [6, 6.07) is 10.4. The molecule has 0 heterocycles. The first-order chi connectivity index (χ1) is 14.7. The Morgan fingerprint density at radius 3 is 2.42 bits per heavy atom. The van der Waals surface area contributed by atoms with E-state index in [9.17, 15) is 14.7 Å². The molecule has 2 aromatic rings. The second-order valence-corrected chi connectivity index (χ2v) is 7.86. The minimum absolute atomic E-state index is 0.194. The number of rotatable bonds is 10. The van der Waals surface area contributed by atoms with E-state index in [1.165, 1.54) is 13.2 Å². The van der Waals surface area contributed by atoms with Gasteiger partial charge in [0, 0.05) is 40.2 Å². The number of ether oxygens (including phenoxy) is 2. The quantitative estimate of drug-likeness (QED) is 0.494. The number of carbonyl (C=O) groups is 2. The van der Waals surface area contributed by atoms with Crippen molar-refractivity contribution in [3.05, 3.63) is 69.2 Å². The number of aliphatic carboxylic acids is 1. The van der Waals surface area contributed by atoms with E-state index in [1.54, 1.807) is 56.3 Å². The number of methoxy groups -OCH3 is 1. The highest BCUT2D eigenvalue weighted by Gasteiger charge is 2.20. The molecule has 8 heteroatoms. The lowest BCUT2D eigenvalue weighted by molar-refractivity contribution is -0.153. The van der Waals surface area contributed by atoms with Crippen molar-refractivity contribution < 1.29 is 24.2 Å². The van der Waals surface area contributed by atoms with Crippen molar-refractivity contribution in [2.75, 3.05) is 7.11 Å². The molecule has 0 aliphatic heterocycles. The van der Waals surface area contributed by atoms with Gasteiger partial charge in [0.2, 0.25) is 5.91 Å². The summed E-state index contributed by atoms with van der Waals surface area (Å²) in [5.74, 6) is -0.781. The molecule has 0 bridgehead atoms. The van der Waals surface area contributed by atoms with Crippen molar-refractivity contribution in [1.29, 1.82) is 0 Å². The third-order valence-electron chi connectivity index (χ3n) is 4.33. The van der Waals surface area contributed by atoms with Crippen molar-refractivity contribution in [2.24, 2.45) is 0 Å². The van der Waals surface area contributed by atoms with Crippen LogP contribution in [0.3, 0.4) is 0 Å². The lowest BCUT2D eigenvalue weighted by Gasteiger charge is -2.17. The van der Waals surface area contributed by atoms with Crippen LogP contribution >= 0.6 is 23.2 Å². The summed E-state index contributed by atoms with van der Waals surface area (Å²) < 4.78 is 10.8. The summed E-state index contributed by atoms with van der Waals surface area (Å²) in [6.07, 6.45) is 1.92. The molecule has 2 aromatic carbocycles. The molecular formula is C23H25Cl2NO5. The van der Waals surface area contributed by atoms with Gasteiger partial charge in [0.05, 0.1) is 13.2 Å². The highest BCUT2D eigenvalue weighted by molar-refractivity contribution is 6.37. The Labute approximate surface area is 191 Å². The molecule has 0 fully saturated rings. The molecule has 0 aliphatic carbocycles. The molecule has 1 unspecified atom stereocenters. The van der Waals surface area contributed by atoms with Gasteiger partial charge in [-0.05, 0) is 43.7 Å². The summed E-state index contributed by atoms with van der Waals surface area (Å²) in [7, 11) is 1.53. The van der Waals surface area contributed by atoms with Gasteiger partial charge >= 0.3 is 5.97 Å². The fourth-order valence-electron chi connectivity index (χ4n) is 2.90. The standard InChI is InChI=1S/C23H25Cl2NO5/c1-14(2)31-21(23(28)29)12-15-7-9-20(30-3)16(11-15)13-26-22(27)10-8-17-18(24)5-4-6-19(17)25/h4-11,14,21H,12-13H2,1-3H3,(H,26,27)(H,28,29). The molecule has 0 saturated carbocycles. The van der Waals surface area contributed by atoms with Crippen molar-refractivity contribution in [3.63, 3.8) is 0 Å². The van der Waals surface area contributed by atoms with E-state index in [0.29, 0.717) is 26.9 Å². The zero-order valence-corrected chi connectivity index (χ0v) is 19.0. The third kappa shape index (κ3) is 7.58. The van der Waals surface area contributed by atoms with Gasteiger partial charge in [0.1, 0.15) is 5.75 Å². The van der Waals surface area contributed by atoms with Gasteiger partial charge in [-0.3, -0.25) is 4.79 Å². The topological polar surface area (TPSA) is 84.9 Å². The molecule has 0 aromatic heterocycles. The van der Waals surface area contributed by atoms with E-state index in [-0.39, 0.29) is 25.0 Å². The SMILES string of the molecule is COc1ccc(CC(OC(C)C)C(=O)O)cc1CNC(=O)C=Cc1c(Cl)cccc1Cl. The lowest BCUT2D eigenvalue weighted by atomic mass is 10.0. The molecule has 6 nitrogen and oxygen atoms in total. The van der Waals surface area contributed by atoms with Crippen LogP contribution in [-0.2, 0) is 27.3 Å². The number of amides is 1. The maximum atomic E-state index is 12.3. The Morgan fingerprint density at radius 2 is 1.84 bits per heavy atom. The Morgan fingerprint density at radius 1 is 1.16 bits per heavy atom. The normalized spacial score (nSPS) is 12.2. The smallest absolute Gasteiger partial charge is 0.333 e. The van der Waals surface area contributed by atoms with Crippen molar-refractivity contribution in [3.8, 4) is 5.75 Å². The second-order valence-electron chi connectivity index (χ2n) is 7.05. The van der Waals surface area contributed by atoms with E-state index < -0.39 is 12.1 Å². The number of nitrogens with one attached hydrogen (secondary N) is 1. The fraction of sp³-hybridized carbons (Fsp3) is 0.304. The summed E-state index contributed by atoms with van der Waals surface area (Å²) in [5.41, 5.74) is 2.04. The van der Waals surface area contributed by atoms with Crippen LogP contribution in [-0.4, -0.2) is 36.3 Å². The number of carboxylic acid groups (broad SMARTS) is 1. The van der Waals surface area contributed by atoms with Crippen molar-refractivity contribution in [2.45, 2.75) is 39.0 Å². The minimum atomic E-state index is -1.03. The van der Waals surface area contributed by atoms with Crippen LogP contribution in [0.2, 0.25) is 10.0 Å². The average molecular weight is 466 g/mol. The summed E-state index contributed by atoms with van der Waals surface area (Å²) in [5, 5.41) is 13.1. The number of carboxylic acids is 1. The average Bonchev–Trinajstić information content (AvgIpc) is 2.71. The second kappa shape index (κ2) is 11.7. The molecule has 0 saturated heterocycles. The Balaban J connectivity index is 2.09. The predicted octanol–water partition coefficient (Wildman–Crippen LogP) is 4.75. The first-order valence-corrected chi connectivity index (χ1v) is 10.4. The molecule has 1 amide bonds. The van der Waals surface area contributed by atoms with Crippen LogP contribution in [0.15, 0.2) is 42.5 Å². The molecule has 0 radical (unpaired) electrons. The summed E-state index contributed by atoms with van der Waals surface area (Å²) >= 11 is 12.2. The predicted molar refractivity (Wildman–Crippen MR) is 122 cm³/mol. The van der Waals surface area contributed by atoms with E-state index in [2.05, 4.69) is 5.32 Å². The third-order valence-corrected chi connectivity index (χ3v) is 4.99. The van der Waals surface area contributed by atoms with E-state index in [4.69, 9.17) is 32.7 Å². The first-order valence-electron chi connectivity index (χ1n) is 9.65. The fourth-order valence-corrected chi connectivity index (χ4v) is 3.43. The van der Waals surface area contributed by atoms with Gasteiger partial charge < -0.3 is 19.9 Å². The van der Waals surface area contributed by atoms with Crippen LogP contribution < -0.4 is 10.1 Å².